The minimum Gasteiger partial charge on any atom is -0.382 e. The van der Waals surface area contributed by atoms with E-state index in [0.717, 1.165) is 16.7 Å². The van der Waals surface area contributed by atoms with E-state index < -0.39 is 0 Å². The van der Waals surface area contributed by atoms with Crippen molar-refractivity contribution in [3.8, 4) is 11.4 Å². The van der Waals surface area contributed by atoms with Crippen LogP contribution in [0.4, 0.5) is 5.82 Å². The molecule has 6 nitrogen and oxygen atoms in total. The second-order valence-corrected chi connectivity index (χ2v) is 5.18. The molecule has 0 radical (unpaired) electrons. The van der Waals surface area contributed by atoms with E-state index in [1.165, 1.54) is 0 Å². The van der Waals surface area contributed by atoms with Gasteiger partial charge in [-0.05, 0) is 25.0 Å². The maximum atomic E-state index is 11.9. The third-order valence-electron chi connectivity index (χ3n) is 3.77. The minimum absolute atomic E-state index is 0.167. The number of fused-ring (bicyclic) bond motifs is 1. The van der Waals surface area contributed by atoms with E-state index in [1.807, 2.05) is 38.1 Å². The van der Waals surface area contributed by atoms with Gasteiger partial charge < -0.3 is 11.1 Å². The SMILES string of the molecule is CNC(=O)c1cn2nc(-c3ccccc3C)nc(N)c2c1C. The molecule has 112 valence electrons. The van der Waals surface area contributed by atoms with Crippen LogP contribution in [0.15, 0.2) is 30.5 Å². The van der Waals surface area contributed by atoms with Crippen molar-refractivity contribution in [3.63, 3.8) is 0 Å². The maximum Gasteiger partial charge on any atom is 0.252 e. The molecule has 2 heterocycles. The molecule has 2 aromatic heterocycles. The molecule has 0 unspecified atom stereocenters. The standard InChI is InChI=1S/C16H17N5O/c1-9-6-4-5-7-11(9)15-19-14(17)13-10(2)12(16(22)18-3)8-21(13)20-15/h4-8H,1-3H3,(H,18,22)(H2,17,19,20). The van der Waals surface area contributed by atoms with Crippen LogP contribution in [0.25, 0.3) is 16.9 Å². The summed E-state index contributed by atoms with van der Waals surface area (Å²) in [6.07, 6.45) is 1.68. The molecular formula is C16H17N5O. The lowest BCUT2D eigenvalue weighted by molar-refractivity contribution is 0.0962. The summed E-state index contributed by atoms with van der Waals surface area (Å²) in [5, 5.41) is 7.13. The molecule has 0 aliphatic carbocycles. The first-order valence-corrected chi connectivity index (χ1v) is 6.96. The highest BCUT2D eigenvalue weighted by molar-refractivity contribution is 5.98. The van der Waals surface area contributed by atoms with Gasteiger partial charge in [0.15, 0.2) is 11.6 Å². The van der Waals surface area contributed by atoms with Crippen molar-refractivity contribution in [1.82, 2.24) is 19.9 Å². The van der Waals surface area contributed by atoms with E-state index in [9.17, 15) is 4.79 Å². The summed E-state index contributed by atoms with van der Waals surface area (Å²) < 4.78 is 1.63. The highest BCUT2D eigenvalue weighted by Crippen LogP contribution is 2.25. The monoisotopic (exact) mass is 295 g/mol. The van der Waals surface area contributed by atoms with E-state index in [0.29, 0.717) is 22.7 Å². The molecule has 1 amide bonds. The van der Waals surface area contributed by atoms with Crippen LogP contribution in [0.3, 0.4) is 0 Å². The summed E-state index contributed by atoms with van der Waals surface area (Å²) in [7, 11) is 1.60. The lowest BCUT2D eigenvalue weighted by Gasteiger charge is -2.06. The quantitative estimate of drug-likeness (QED) is 0.756. The summed E-state index contributed by atoms with van der Waals surface area (Å²) in [6, 6.07) is 7.84. The van der Waals surface area contributed by atoms with Crippen LogP contribution in [0.1, 0.15) is 21.5 Å². The molecule has 0 saturated heterocycles. The van der Waals surface area contributed by atoms with Crippen LogP contribution in [0.5, 0.6) is 0 Å². The fourth-order valence-corrected chi connectivity index (χ4v) is 2.56. The Kier molecular flexibility index (Phi) is 3.29. The molecule has 22 heavy (non-hydrogen) atoms. The Morgan fingerprint density at radius 2 is 2.00 bits per heavy atom. The topological polar surface area (TPSA) is 85.3 Å². The number of rotatable bonds is 2. The largest absolute Gasteiger partial charge is 0.382 e. The fourth-order valence-electron chi connectivity index (χ4n) is 2.56. The van der Waals surface area contributed by atoms with Gasteiger partial charge in [-0.1, -0.05) is 24.3 Å². The highest BCUT2D eigenvalue weighted by Gasteiger charge is 2.18. The molecule has 0 bridgehead atoms. The van der Waals surface area contributed by atoms with Crippen LogP contribution in [-0.2, 0) is 0 Å². The Morgan fingerprint density at radius 3 is 2.68 bits per heavy atom. The van der Waals surface area contributed by atoms with Crippen LogP contribution in [0.2, 0.25) is 0 Å². The summed E-state index contributed by atoms with van der Waals surface area (Å²) >= 11 is 0. The highest BCUT2D eigenvalue weighted by atomic mass is 16.1. The van der Waals surface area contributed by atoms with Gasteiger partial charge in [0.25, 0.3) is 5.91 Å². The molecule has 0 aliphatic rings. The molecular weight excluding hydrogens is 278 g/mol. The van der Waals surface area contributed by atoms with E-state index in [4.69, 9.17) is 5.73 Å². The fraction of sp³-hybridized carbons (Fsp3) is 0.188. The summed E-state index contributed by atoms with van der Waals surface area (Å²) in [5.74, 6) is 0.738. The van der Waals surface area contributed by atoms with Gasteiger partial charge in [-0.2, -0.15) is 0 Å². The number of nitrogens with one attached hydrogen (secondary N) is 1. The first kappa shape index (κ1) is 14.1. The Balaban J connectivity index is 2.26. The second-order valence-electron chi connectivity index (χ2n) is 5.18. The number of nitrogens with zero attached hydrogens (tertiary/aromatic N) is 3. The van der Waals surface area contributed by atoms with Gasteiger partial charge in [-0.25, -0.2) is 9.50 Å². The Labute approximate surface area is 128 Å². The van der Waals surface area contributed by atoms with E-state index in [2.05, 4.69) is 15.4 Å². The first-order chi connectivity index (χ1) is 10.5. The number of aromatic nitrogens is 3. The molecule has 0 aliphatic heterocycles. The van der Waals surface area contributed by atoms with Gasteiger partial charge in [0.1, 0.15) is 5.52 Å². The predicted octanol–water partition coefficient (Wildman–Crippen LogP) is 1.95. The minimum atomic E-state index is -0.167. The molecule has 0 saturated carbocycles. The number of anilines is 1. The Bertz CT molecular complexity index is 882. The zero-order valence-electron chi connectivity index (χ0n) is 12.7. The van der Waals surface area contributed by atoms with Gasteiger partial charge in [0.2, 0.25) is 0 Å². The third-order valence-corrected chi connectivity index (χ3v) is 3.77. The van der Waals surface area contributed by atoms with Crippen molar-refractivity contribution < 1.29 is 4.79 Å². The number of nitrogens with two attached hydrogens (primary N) is 1. The van der Waals surface area contributed by atoms with E-state index in [-0.39, 0.29) is 5.91 Å². The van der Waals surface area contributed by atoms with Crippen molar-refractivity contribution in [3.05, 3.63) is 47.2 Å². The van der Waals surface area contributed by atoms with Crippen molar-refractivity contribution in [2.45, 2.75) is 13.8 Å². The van der Waals surface area contributed by atoms with Crippen LogP contribution >= 0.6 is 0 Å². The van der Waals surface area contributed by atoms with Crippen molar-refractivity contribution in [1.29, 1.82) is 0 Å². The first-order valence-electron chi connectivity index (χ1n) is 6.96. The van der Waals surface area contributed by atoms with Crippen molar-refractivity contribution in [2.75, 3.05) is 12.8 Å². The van der Waals surface area contributed by atoms with Crippen LogP contribution in [0, 0.1) is 13.8 Å². The lowest BCUT2D eigenvalue weighted by Crippen LogP contribution is -2.17. The molecule has 6 heteroatoms. The Morgan fingerprint density at radius 1 is 1.27 bits per heavy atom. The smallest absolute Gasteiger partial charge is 0.252 e. The van der Waals surface area contributed by atoms with Gasteiger partial charge in [0.05, 0.1) is 5.56 Å². The lowest BCUT2D eigenvalue weighted by atomic mass is 10.1. The molecule has 3 N–H and O–H groups in total. The van der Waals surface area contributed by atoms with Crippen LogP contribution in [-0.4, -0.2) is 27.6 Å². The molecule has 3 aromatic rings. The summed E-state index contributed by atoms with van der Waals surface area (Å²) in [6.45, 7) is 3.84. The summed E-state index contributed by atoms with van der Waals surface area (Å²) in [5.41, 5.74) is 10.1. The molecule has 1 aromatic carbocycles. The zero-order valence-corrected chi connectivity index (χ0v) is 12.7. The average molecular weight is 295 g/mol. The molecule has 0 atom stereocenters. The number of amides is 1. The van der Waals surface area contributed by atoms with Gasteiger partial charge >= 0.3 is 0 Å². The van der Waals surface area contributed by atoms with Gasteiger partial charge in [-0.3, -0.25) is 4.79 Å². The number of aryl methyl sites for hydroxylation is 2. The van der Waals surface area contributed by atoms with Crippen LogP contribution < -0.4 is 11.1 Å². The number of carbonyl (C=O) groups is 1. The van der Waals surface area contributed by atoms with Crippen molar-refractivity contribution in [2.24, 2.45) is 0 Å². The number of hydrogen-bond donors (Lipinski definition) is 2. The zero-order chi connectivity index (χ0) is 15.9. The number of carbonyl (C=O) groups excluding carboxylic acids is 1. The summed E-state index contributed by atoms with van der Waals surface area (Å²) in [4.78, 5) is 16.3. The van der Waals surface area contributed by atoms with Gasteiger partial charge in [0, 0.05) is 18.8 Å². The second kappa shape index (κ2) is 5.14. The average Bonchev–Trinajstić information content (AvgIpc) is 2.84. The van der Waals surface area contributed by atoms with Gasteiger partial charge in [-0.15, -0.1) is 5.10 Å². The number of nitrogen functional groups attached to an aromatic ring is 1. The van der Waals surface area contributed by atoms with E-state index >= 15 is 0 Å². The molecule has 0 spiro atoms. The van der Waals surface area contributed by atoms with Crippen molar-refractivity contribution >= 4 is 17.2 Å². The Hall–Kier alpha value is -2.89. The number of benzene rings is 1. The molecule has 3 rings (SSSR count). The predicted molar refractivity (Wildman–Crippen MR) is 85.7 cm³/mol. The van der Waals surface area contributed by atoms with E-state index in [1.54, 1.807) is 17.8 Å². The maximum absolute atomic E-state index is 11.9. The molecule has 0 fully saturated rings. The normalized spacial score (nSPS) is 10.9. The number of hydrogen-bond acceptors (Lipinski definition) is 4. The third kappa shape index (κ3) is 2.09.